The monoisotopic (exact) mass is 235 g/mol. The molecule has 2 N–H and O–H groups in total. The molecule has 0 radical (unpaired) electrons. The zero-order chi connectivity index (χ0) is 12.1. The number of nitrogens with one attached hydrogen (secondary N) is 1. The zero-order valence-corrected chi connectivity index (χ0v) is 10.3. The van der Waals surface area contributed by atoms with Gasteiger partial charge in [-0.2, -0.15) is 0 Å². The van der Waals surface area contributed by atoms with Crippen molar-refractivity contribution in [3.8, 4) is 0 Å². The molecule has 1 aliphatic heterocycles. The number of hydrogen-bond donors (Lipinski definition) is 2. The molecule has 0 spiro atoms. The molecule has 0 aromatic heterocycles. The third-order valence-corrected chi connectivity index (χ3v) is 3.52. The van der Waals surface area contributed by atoms with Crippen molar-refractivity contribution in [1.82, 2.24) is 5.32 Å². The van der Waals surface area contributed by atoms with Crippen molar-refractivity contribution in [2.45, 2.75) is 25.4 Å². The van der Waals surface area contributed by atoms with Crippen molar-refractivity contribution in [3.05, 3.63) is 35.9 Å². The predicted octanol–water partition coefficient (Wildman–Crippen LogP) is 1.73. The van der Waals surface area contributed by atoms with Gasteiger partial charge in [-0.3, -0.25) is 0 Å². The maximum atomic E-state index is 9.48. The Morgan fingerprint density at radius 2 is 2.18 bits per heavy atom. The second-order valence-electron chi connectivity index (χ2n) is 4.72. The Labute approximate surface area is 103 Å². The maximum Gasteiger partial charge on any atom is 0.0626 e. The predicted molar refractivity (Wildman–Crippen MR) is 67.8 cm³/mol. The quantitative estimate of drug-likeness (QED) is 0.816. The van der Waals surface area contributed by atoms with Gasteiger partial charge in [0, 0.05) is 12.6 Å². The number of rotatable bonds is 5. The molecule has 94 valence electrons. The second kappa shape index (κ2) is 6.15. The second-order valence-corrected chi connectivity index (χ2v) is 4.72. The molecule has 0 bridgehead atoms. The maximum absolute atomic E-state index is 9.48. The number of hydrogen-bond acceptors (Lipinski definition) is 3. The number of aliphatic hydroxyl groups is 1. The first-order valence-electron chi connectivity index (χ1n) is 6.31. The summed E-state index contributed by atoms with van der Waals surface area (Å²) in [6.45, 7) is 4.00. The van der Waals surface area contributed by atoms with E-state index in [1.165, 1.54) is 0 Å². The van der Waals surface area contributed by atoms with Gasteiger partial charge in [0.1, 0.15) is 0 Å². The molecular weight excluding hydrogens is 214 g/mol. The van der Waals surface area contributed by atoms with Gasteiger partial charge in [-0.05, 0) is 24.8 Å². The first kappa shape index (κ1) is 12.6. The van der Waals surface area contributed by atoms with Crippen LogP contribution in [0.15, 0.2) is 30.3 Å². The Bertz CT molecular complexity index is 322. The molecule has 1 aliphatic rings. The van der Waals surface area contributed by atoms with E-state index in [1.54, 1.807) is 0 Å². The summed E-state index contributed by atoms with van der Waals surface area (Å²) >= 11 is 0. The van der Waals surface area contributed by atoms with E-state index in [0.29, 0.717) is 12.0 Å². The van der Waals surface area contributed by atoms with E-state index in [0.717, 1.165) is 25.2 Å². The molecule has 3 heteroatoms. The van der Waals surface area contributed by atoms with Gasteiger partial charge in [-0.15, -0.1) is 0 Å². The zero-order valence-electron chi connectivity index (χ0n) is 10.3. The van der Waals surface area contributed by atoms with Crippen molar-refractivity contribution >= 4 is 0 Å². The van der Waals surface area contributed by atoms with E-state index in [1.807, 2.05) is 30.3 Å². The lowest BCUT2D eigenvalue weighted by molar-refractivity contribution is 0.170. The molecule has 0 amide bonds. The van der Waals surface area contributed by atoms with Gasteiger partial charge in [0.05, 0.1) is 19.3 Å². The van der Waals surface area contributed by atoms with Crippen LogP contribution in [0.3, 0.4) is 0 Å². The molecule has 1 aromatic carbocycles. The highest BCUT2D eigenvalue weighted by Crippen LogP contribution is 2.20. The van der Waals surface area contributed by atoms with Gasteiger partial charge >= 0.3 is 0 Å². The van der Waals surface area contributed by atoms with Crippen molar-refractivity contribution < 1.29 is 9.84 Å². The van der Waals surface area contributed by atoms with E-state index in [4.69, 9.17) is 4.74 Å². The standard InChI is InChI=1S/C14H21NO2/c1-11(13-7-8-17-10-13)15-14(9-16)12-5-3-2-4-6-12/h2-6,11,13-16H,7-10H2,1H3/t11?,13?,14-/m1/s1. The molecule has 3 nitrogen and oxygen atoms in total. The Kier molecular flexibility index (Phi) is 4.54. The van der Waals surface area contributed by atoms with E-state index in [-0.39, 0.29) is 12.6 Å². The average Bonchev–Trinajstić information content (AvgIpc) is 2.90. The molecule has 2 unspecified atom stereocenters. The summed E-state index contributed by atoms with van der Waals surface area (Å²) < 4.78 is 5.40. The molecule has 3 atom stereocenters. The number of ether oxygens (including phenoxy) is 1. The average molecular weight is 235 g/mol. The van der Waals surface area contributed by atoms with Crippen LogP contribution >= 0.6 is 0 Å². The SMILES string of the molecule is CC(N[C@H](CO)c1ccccc1)C1CCOC1. The van der Waals surface area contributed by atoms with Crippen molar-refractivity contribution in [3.63, 3.8) is 0 Å². The minimum Gasteiger partial charge on any atom is -0.394 e. The summed E-state index contributed by atoms with van der Waals surface area (Å²) in [5.41, 5.74) is 1.14. The number of benzene rings is 1. The van der Waals surface area contributed by atoms with Crippen LogP contribution in [0.1, 0.15) is 24.9 Å². The van der Waals surface area contributed by atoms with Gasteiger partial charge < -0.3 is 15.2 Å². The lowest BCUT2D eigenvalue weighted by Gasteiger charge is -2.25. The Balaban J connectivity index is 1.95. The topological polar surface area (TPSA) is 41.5 Å². The summed E-state index contributed by atoms with van der Waals surface area (Å²) in [4.78, 5) is 0. The highest BCUT2D eigenvalue weighted by atomic mass is 16.5. The third-order valence-electron chi connectivity index (χ3n) is 3.52. The van der Waals surface area contributed by atoms with Gasteiger partial charge in [0.25, 0.3) is 0 Å². The largest absolute Gasteiger partial charge is 0.394 e. The van der Waals surface area contributed by atoms with Crippen LogP contribution in [-0.4, -0.2) is 31.0 Å². The summed E-state index contributed by atoms with van der Waals surface area (Å²) in [5.74, 6) is 0.563. The summed E-state index contributed by atoms with van der Waals surface area (Å²) in [7, 11) is 0. The van der Waals surface area contributed by atoms with Crippen molar-refractivity contribution in [2.75, 3.05) is 19.8 Å². The van der Waals surface area contributed by atoms with E-state index < -0.39 is 0 Å². The first-order chi connectivity index (χ1) is 8.31. The summed E-state index contributed by atoms with van der Waals surface area (Å²) in [6.07, 6.45) is 1.11. The fourth-order valence-corrected chi connectivity index (χ4v) is 2.34. The van der Waals surface area contributed by atoms with Gasteiger partial charge in [0.15, 0.2) is 0 Å². The molecule has 0 aliphatic carbocycles. The fraction of sp³-hybridized carbons (Fsp3) is 0.571. The molecule has 0 saturated carbocycles. The van der Waals surface area contributed by atoms with Crippen LogP contribution in [-0.2, 0) is 4.74 Å². The van der Waals surface area contributed by atoms with Crippen LogP contribution < -0.4 is 5.32 Å². The Morgan fingerprint density at radius 1 is 1.41 bits per heavy atom. The van der Waals surface area contributed by atoms with Gasteiger partial charge in [-0.25, -0.2) is 0 Å². The lowest BCUT2D eigenvalue weighted by Crippen LogP contribution is -2.38. The van der Waals surface area contributed by atoms with Crippen LogP contribution in [0, 0.1) is 5.92 Å². The molecule has 1 heterocycles. The highest BCUT2D eigenvalue weighted by molar-refractivity contribution is 5.19. The van der Waals surface area contributed by atoms with Gasteiger partial charge in [0.2, 0.25) is 0 Å². The fourth-order valence-electron chi connectivity index (χ4n) is 2.34. The summed E-state index contributed by atoms with van der Waals surface area (Å²) in [5, 5.41) is 13.0. The van der Waals surface area contributed by atoms with Crippen LogP contribution in [0.5, 0.6) is 0 Å². The highest BCUT2D eigenvalue weighted by Gasteiger charge is 2.24. The van der Waals surface area contributed by atoms with Crippen LogP contribution in [0.4, 0.5) is 0 Å². The Hall–Kier alpha value is -0.900. The first-order valence-corrected chi connectivity index (χ1v) is 6.31. The van der Waals surface area contributed by atoms with E-state index in [2.05, 4.69) is 12.2 Å². The van der Waals surface area contributed by atoms with E-state index >= 15 is 0 Å². The van der Waals surface area contributed by atoms with Gasteiger partial charge in [-0.1, -0.05) is 30.3 Å². The molecule has 2 rings (SSSR count). The Morgan fingerprint density at radius 3 is 2.76 bits per heavy atom. The third kappa shape index (κ3) is 3.28. The molecule has 1 saturated heterocycles. The normalized spacial score (nSPS) is 23.5. The molecule has 1 aromatic rings. The number of aliphatic hydroxyl groups excluding tert-OH is 1. The minimum absolute atomic E-state index is 0.0202. The minimum atomic E-state index is 0.0202. The van der Waals surface area contributed by atoms with E-state index in [9.17, 15) is 5.11 Å². The lowest BCUT2D eigenvalue weighted by atomic mass is 9.98. The summed E-state index contributed by atoms with van der Waals surface area (Å²) in [6, 6.07) is 10.5. The molecular formula is C14H21NO2. The smallest absolute Gasteiger partial charge is 0.0626 e. The molecule has 1 fully saturated rings. The van der Waals surface area contributed by atoms with Crippen LogP contribution in [0.2, 0.25) is 0 Å². The van der Waals surface area contributed by atoms with Crippen molar-refractivity contribution in [1.29, 1.82) is 0 Å². The van der Waals surface area contributed by atoms with Crippen molar-refractivity contribution in [2.24, 2.45) is 5.92 Å². The molecule has 17 heavy (non-hydrogen) atoms. The van der Waals surface area contributed by atoms with Crippen LogP contribution in [0.25, 0.3) is 0 Å².